The van der Waals surface area contributed by atoms with Gasteiger partial charge in [-0.25, -0.2) is 8.42 Å². The highest BCUT2D eigenvalue weighted by Gasteiger charge is 2.13. The molecule has 0 spiro atoms. The summed E-state index contributed by atoms with van der Waals surface area (Å²) in [6, 6.07) is 14.5. The summed E-state index contributed by atoms with van der Waals surface area (Å²) in [7, 11) is -3.69. The number of primary amides is 1. The molecule has 2 aromatic rings. The summed E-state index contributed by atoms with van der Waals surface area (Å²) in [6.45, 7) is 3.56. The molecular formula is C16H17N3O4S. The predicted molar refractivity (Wildman–Crippen MR) is 90.1 cm³/mol. The predicted octanol–water partition coefficient (Wildman–Crippen LogP) is 1.00. The van der Waals surface area contributed by atoms with Crippen molar-refractivity contribution in [2.75, 3.05) is 6.61 Å². The van der Waals surface area contributed by atoms with Crippen LogP contribution in [0, 0.1) is 0 Å². The Balaban J connectivity index is 1.96. The average molecular weight is 347 g/mol. The minimum atomic E-state index is -3.69. The third-order valence-corrected chi connectivity index (χ3v) is 4.24. The molecule has 126 valence electrons. The molecule has 0 aliphatic heterocycles. The monoisotopic (exact) mass is 347 g/mol. The van der Waals surface area contributed by atoms with E-state index in [-0.39, 0.29) is 11.5 Å². The molecule has 24 heavy (non-hydrogen) atoms. The van der Waals surface area contributed by atoms with Gasteiger partial charge >= 0.3 is 0 Å². The molecule has 0 saturated carbocycles. The zero-order valence-corrected chi connectivity index (χ0v) is 13.5. The Hall–Kier alpha value is -2.84. The number of nitrogens with two attached hydrogens (primary N) is 1. The number of hydrogen-bond donors (Lipinski definition) is 3. The zero-order chi connectivity index (χ0) is 17.6. The number of sulfonamides is 1. The number of benzene rings is 2. The smallest absolute Gasteiger partial charge is 0.257 e. The van der Waals surface area contributed by atoms with Gasteiger partial charge in [0.15, 0.2) is 6.61 Å². The van der Waals surface area contributed by atoms with E-state index in [0.29, 0.717) is 17.0 Å². The van der Waals surface area contributed by atoms with Crippen molar-refractivity contribution in [3.63, 3.8) is 0 Å². The van der Waals surface area contributed by atoms with Crippen LogP contribution in [0.1, 0.15) is 5.56 Å². The van der Waals surface area contributed by atoms with Crippen LogP contribution in [0.5, 0.6) is 5.75 Å². The second-order valence-electron chi connectivity index (χ2n) is 4.80. The summed E-state index contributed by atoms with van der Waals surface area (Å²) in [5.41, 5.74) is 8.56. The normalized spacial score (nSPS) is 10.8. The van der Waals surface area contributed by atoms with Gasteiger partial charge in [-0.3, -0.25) is 4.79 Å². The second kappa shape index (κ2) is 7.62. The molecule has 7 nitrogen and oxygen atoms in total. The van der Waals surface area contributed by atoms with Gasteiger partial charge in [0.1, 0.15) is 5.75 Å². The maximum Gasteiger partial charge on any atom is 0.257 e. The summed E-state index contributed by atoms with van der Waals surface area (Å²) < 4.78 is 29.3. The molecule has 2 aromatic carbocycles. The highest BCUT2D eigenvalue weighted by atomic mass is 32.2. The molecule has 0 radical (unpaired) electrons. The van der Waals surface area contributed by atoms with Crippen molar-refractivity contribution in [3.8, 4) is 5.75 Å². The van der Waals surface area contributed by atoms with Crippen LogP contribution in [0.4, 0.5) is 0 Å². The van der Waals surface area contributed by atoms with Gasteiger partial charge in [0.05, 0.1) is 4.90 Å². The minimum absolute atomic E-state index is 0.139. The van der Waals surface area contributed by atoms with Crippen LogP contribution in [0.3, 0.4) is 0 Å². The van der Waals surface area contributed by atoms with Crippen LogP contribution >= 0.6 is 0 Å². The maximum atomic E-state index is 12.1. The summed E-state index contributed by atoms with van der Waals surface area (Å²) in [5, 5.41) is 0. The molecular weight excluding hydrogens is 330 g/mol. The number of carbonyl (C=O) groups is 1. The Morgan fingerprint density at radius 1 is 1.08 bits per heavy atom. The molecule has 0 heterocycles. The Labute approximate surface area is 140 Å². The third-order valence-electron chi connectivity index (χ3n) is 2.97. The van der Waals surface area contributed by atoms with E-state index in [2.05, 4.69) is 16.8 Å². The number of carbonyl (C=O) groups excluding carboxylic acids is 1. The van der Waals surface area contributed by atoms with Crippen molar-refractivity contribution in [3.05, 3.63) is 66.7 Å². The molecule has 0 aromatic heterocycles. The van der Waals surface area contributed by atoms with E-state index < -0.39 is 15.9 Å². The maximum absolute atomic E-state index is 12.1. The lowest BCUT2D eigenvalue weighted by atomic mass is 10.2. The van der Waals surface area contributed by atoms with Crippen molar-refractivity contribution in [1.29, 1.82) is 0 Å². The van der Waals surface area contributed by atoms with Crippen LogP contribution in [-0.4, -0.2) is 20.9 Å². The molecule has 0 atom stereocenters. The van der Waals surface area contributed by atoms with Gasteiger partial charge in [0.2, 0.25) is 0 Å². The topological polar surface area (TPSA) is 111 Å². The number of nitrogens with one attached hydrogen (secondary N) is 2. The van der Waals surface area contributed by atoms with Crippen LogP contribution in [0.25, 0.3) is 5.70 Å². The van der Waals surface area contributed by atoms with Crippen molar-refractivity contribution in [1.82, 2.24) is 10.3 Å². The Kier molecular flexibility index (Phi) is 5.56. The molecule has 0 bridgehead atoms. The summed E-state index contributed by atoms with van der Waals surface area (Å²) >= 11 is 0. The molecule has 0 fully saturated rings. The van der Waals surface area contributed by atoms with Crippen molar-refractivity contribution in [2.24, 2.45) is 5.73 Å². The Bertz CT molecular complexity index is 818. The molecule has 8 heteroatoms. The van der Waals surface area contributed by atoms with Gasteiger partial charge in [-0.15, -0.1) is 4.83 Å². The van der Waals surface area contributed by atoms with Gasteiger partial charge in [-0.05, 0) is 42.0 Å². The SMILES string of the molecule is C=C(NNS(=O)(=O)c1ccccc1)c1ccc(OCC(N)=O)cc1. The zero-order valence-electron chi connectivity index (χ0n) is 12.7. The van der Waals surface area contributed by atoms with Gasteiger partial charge in [-0.2, -0.15) is 0 Å². The fraction of sp³-hybridized carbons (Fsp3) is 0.0625. The number of amides is 1. The van der Waals surface area contributed by atoms with Crippen LogP contribution in [-0.2, 0) is 14.8 Å². The van der Waals surface area contributed by atoms with E-state index in [1.165, 1.54) is 12.1 Å². The van der Waals surface area contributed by atoms with Crippen molar-refractivity contribution < 1.29 is 17.9 Å². The molecule has 0 aliphatic rings. The number of rotatable bonds is 8. The molecule has 2 rings (SSSR count). The van der Waals surface area contributed by atoms with Crippen molar-refractivity contribution >= 4 is 21.6 Å². The van der Waals surface area contributed by atoms with Gasteiger partial charge < -0.3 is 15.9 Å². The van der Waals surface area contributed by atoms with Gasteiger partial charge in [-0.1, -0.05) is 24.8 Å². The molecule has 0 aliphatic carbocycles. The lowest BCUT2D eigenvalue weighted by Gasteiger charge is -2.12. The van der Waals surface area contributed by atoms with E-state index in [0.717, 1.165) is 0 Å². The average Bonchev–Trinajstić information content (AvgIpc) is 2.59. The van der Waals surface area contributed by atoms with E-state index in [1.54, 1.807) is 42.5 Å². The quantitative estimate of drug-likeness (QED) is 0.617. The lowest BCUT2D eigenvalue weighted by Crippen LogP contribution is -2.35. The Morgan fingerprint density at radius 3 is 2.29 bits per heavy atom. The fourth-order valence-electron chi connectivity index (χ4n) is 1.77. The second-order valence-corrected chi connectivity index (χ2v) is 6.48. The molecule has 0 saturated heterocycles. The standard InChI is InChI=1S/C16H17N3O4S/c1-12(13-7-9-14(10-8-13)23-11-16(17)20)18-19-24(21,22)15-5-3-2-4-6-15/h2-10,18-19H,1,11H2,(H2,17,20). The largest absolute Gasteiger partial charge is 0.484 e. The first-order valence-corrected chi connectivity index (χ1v) is 8.40. The van der Waals surface area contributed by atoms with Gasteiger partial charge in [0, 0.05) is 5.70 Å². The van der Waals surface area contributed by atoms with E-state index in [4.69, 9.17) is 10.5 Å². The van der Waals surface area contributed by atoms with Gasteiger partial charge in [0.25, 0.3) is 15.9 Å². The highest BCUT2D eigenvalue weighted by molar-refractivity contribution is 7.89. The first kappa shape index (κ1) is 17.5. The van der Waals surface area contributed by atoms with E-state index in [9.17, 15) is 13.2 Å². The van der Waals surface area contributed by atoms with E-state index >= 15 is 0 Å². The third kappa shape index (κ3) is 4.83. The summed E-state index contributed by atoms with van der Waals surface area (Å²) in [4.78, 5) is 13.0. The first-order valence-electron chi connectivity index (χ1n) is 6.92. The molecule has 0 unspecified atom stereocenters. The molecule has 1 amide bonds. The number of hydrazine groups is 1. The lowest BCUT2D eigenvalue weighted by molar-refractivity contribution is -0.119. The van der Waals surface area contributed by atoms with Crippen LogP contribution < -0.4 is 20.7 Å². The summed E-state index contributed by atoms with van der Waals surface area (Å²) in [5.74, 6) is -0.101. The summed E-state index contributed by atoms with van der Waals surface area (Å²) in [6.07, 6.45) is 0. The van der Waals surface area contributed by atoms with Crippen LogP contribution in [0.2, 0.25) is 0 Å². The Morgan fingerprint density at radius 2 is 1.71 bits per heavy atom. The van der Waals surface area contributed by atoms with Crippen LogP contribution in [0.15, 0.2) is 66.1 Å². The number of hydrogen-bond acceptors (Lipinski definition) is 5. The molecule has 4 N–H and O–H groups in total. The minimum Gasteiger partial charge on any atom is -0.484 e. The number of ether oxygens (including phenoxy) is 1. The van der Waals surface area contributed by atoms with E-state index in [1.807, 2.05) is 0 Å². The first-order chi connectivity index (χ1) is 11.4. The highest BCUT2D eigenvalue weighted by Crippen LogP contribution is 2.16. The fourth-order valence-corrected chi connectivity index (χ4v) is 2.66. The van der Waals surface area contributed by atoms with Crippen molar-refractivity contribution in [2.45, 2.75) is 4.90 Å².